The van der Waals surface area contributed by atoms with Gasteiger partial charge in [0.1, 0.15) is 5.54 Å². The number of rotatable bonds is 6. The Morgan fingerprint density at radius 2 is 1.65 bits per heavy atom. The number of hydrogen-bond acceptors (Lipinski definition) is 3. The van der Waals surface area contributed by atoms with Gasteiger partial charge in [0.05, 0.1) is 18.5 Å². The van der Waals surface area contributed by atoms with Crippen LogP contribution in [0.2, 0.25) is 0 Å². The summed E-state index contributed by atoms with van der Waals surface area (Å²) >= 11 is 0. The molecule has 3 rings (SSSR count). The molecule has 2 amide bonds. The van der Waals surface area contributed by atoms with E-state index in [1.54, 1.807) is 24.3 Å². The molecule has 2 N–H and O–H groups in total. The van der Waals surface area contributed by atoms with Gasteiger partial charge in [-0.05, 0) is 37.0 Å². The molecule has 5 nitrogen and oxygen atoms in total. The molecule has 0 bridgehead atoms. The molecule has 5 heteroatoms. The van der Waals surface area contributed by atoms with E-state index in [1.807, 2.05) is 36.4 Å². The molecule has 1 aliphatic rings. The molecule has 0 unspecified atom stereocenters. The molecule has 2 aromatic rings. The summed E-state index contributed by atoms with van der Waals surface area (Å²) < 4.78 is 0. The Morgan fingerprint density at radius 1 is 1.04 bits per heavy atom. The molecule has 1 saturated carbocycles. The molecule has 0 aliphatic heterocycles. The lowest BCUT2D eigenvalue weighted by molar-refractivity contribution is -0.123. The van der Waals surface area contributed by atoms with Gasteiger partial charge in [0, 0.05) is 5.56 Å². The maximum Gasteiger partial charge on any atom is 0.251 e. The van der Waals surface area contributed by atoms with Gasteiger partial charge in [0.15, 0.2) is 0 Å². The minimum Gasteiger partial charge on any atom is -0.345 e. The van der Waals surface area contributed by atoms with E-state index in [0.717, 1.165) is 12.0 Å². The monoisotopic (exact) mass is 347 g/mol. The van der Waals surface area contributed by atoms with Gasteiger partial charge < -0.3 is 10.6 Å². The van der Waals surface area contributed by atoms with Gasteiger partial charge in [0.25, 0.3) is 5.91 Å². The van der Waals surface area contributed by atoms with E-state index >= 15 is 0 Å². The van der Waals surface area contributed by atoms with Crippen LogP contribution in [-0.4, -0.2) is 17.4 Å². The fourth-order valence-corrected chi connectivity index (χ4v) is 3.07. The minimum atomic E-state index is -0.734. The lowest BCUT2D eigenvalue weighted by Crippen LogP contribution is -2.53. The van der Waals surface area contributed by atoms with Crippen molar-refractivity contribution in [2.24, 2.45) is 0 Å². The lowest BCUT2D eigenvalue weighted by atomic mass is 9.78. The van der Waals surface area contributed by atoms with E-state index in [1.165, 1.54) is 0 Å². The maximum absolute atomic E-state index is 12.5. The smallest absolute Gasteiger partial charge is 0.251 e. The van der Waals surface area contributed by atoms with Crippen LogP contribution in [0, 0.1) is 11.3 Å². The molecule has 0 aromatic heterocycles. The number of benzene rings is 2. The van der Waals surface area contributed by atoms with Gasteiger partial charge >= 0.3 is 0 Å². The molecule has 0 heterocycles. The Balaban J connectivity index is 1.73. The van der Waals surface area contributed by atoms with Crippen molar-refractivity contribution in [1.82, 2.24) is 10.6 Å². The second kappa shape index (κ2) is 7.83. The third-order valence-electron chi connectivity index (χ3n) is 4.73. The van der Waals surface area contributed by atoms with Crippen LogP contribution in [-0.2, 0) is 4.79 Å². The number of hydrogen-bond donors (Lipinski definition) is 2. The molecule has 1 fully saturated rings. The average molecular weight is 347 g/mol. The summed E-state index contributed by atoms with van der Waals surface area (Å²) in [5, 5.41) is 15.1. The highest BCUT2D eigenvalue weighted by molar-refractivity contribution is 5.94. The third-order valence-corrected chi connectivity index (χ3v) is 4.73. The van der Waals surface area contributed by atoms with E-state index in [4.69, 9.17) is 0 Å². The summed E-state index contributed by atoms with van der Waals surface area (Å²) in [6.45, 7) is 0. The topological polar surface area (TPSA) is 82.0 Å². The summed E-state index contributed by atoms with van der Waals surface area (Å²) in [4.78, 5) is 25.0. The quantitative estimate of drug-likeness (QED) is 0.842. The van der Waals surface area contributed by atoms with Gasteiger partial charge in [-0.2, -0.15) is 5.26 Å². The van der Waals surface area contributed by atoms with Gasteiger partial charge in [-0.1, -0.05) is 48.5 Å². The van der Waals surface area contributed by atoms with Crippen molar-refractivity contribution >= 4 is 11.8 Å². The molecule has 26 heavy (non-hydrogen) atoms. The predicted molar refractivity (Wildman–Crippen MR) is 98.0 cm³/mol. The molecular formula is C21H21N3O2. The van der Waals surface area contributed by atoms with Crippen molar-refractivity contribution in [2.45, 2.75) is 37.3 Å². The van der Waals surface area contributed by atoms with Crippen molar-refractivity contribution in [1.29, 1.82) is 5.26 Å². The fourth-order valence-electron chi connectivity index (χ4n) is 3.07. The third kappa shape index (κ3) is 4.09. The first kappa shape index (κ1) is 17.7. The van der Waals surface area contributed by atoms with Crippen molar-refractivity contribution in [3.05, 3.63) is 71.8 Å². The van der Waals surface area contributed by atoms with Gasteiger partial charge in [-0.3, -0.25) is 9.59 Å². The van der Waals surface area contributed by atoms with Crippen LogP contribution in [0.25, 0.3) is 0 Å². The first-order chi connectivity index (χ1) is 12.6. The highest BCUT2D eigenvalue weighted by Crippen LogP contribution is 2.31. The molecule has 0 saturated heterocycles. The second-order valence-corrected chi connectivity index (χ2v) is 6.60. The number of nitriles is 1. The second-order valence-electron chi connectivity index (χ2n) is 6.60. The Hall–Kier alpha value is -3.13. The number of carbonyl (C=O) groups is 2. The Kier molecular flexibility index (Phi) is 5.33. The summed E-state index contributed by atoms with van der Waals surface area (Å²) in [5.41, 5.74) is 0.662. The predicted octanol–water partition coefficient (Wildman–Crippen LogP) is 3.11. The maximum atomic E-state index is 12.5. The van der Waals surface area contributed by atoms with Crippen molar-refractivity contribution < 1.29 is 9.59 Å². The normalized spacial score (nSPS) is 15.8. The van der Waals surface area contributed by atoms with Gasteiger partial charge in [-0.25, -0.2) is 0 Å². The van der Waals surface area contributed by atoms with E-state index in [-0.39, 0.29) is 18.2 Å². The van der Waals surface area contributed by atoms with E-state index in [9.17, 15) is 14.9 Å². The number of nitrogens with one attached hydrogen (secondary N) is 2. The van der Waals surface area contributed by atoms with Crippen molar-refractivity contribution in [3.8, 4) is 6.07 Å². The zero-order valence-corrected chi connectivity index (χ0v) is 14.4. The van der Waals surface area contributed by atoms with Crippen LogP contribution in [0.1, 0.15) is 47.6 Å². The molecule has 0 spiro atoms. The van der Waals surface area contributed by atoms with Crippen LogP contribution < -0.4 is 10.6 Å². The Bertz CT molecular complexity index is 808. The summed E-state index contributed by atoms with van der Waals surface area (Å²) in [5.74, 6) is -0.459. The van der Waals surface area contributed by atoms with Crippen LogP contribution in [0.15, 0.2) is 60.7 Å². The first-order valence-corrected chi connectivity index (χ1v) is 8.75. The van der Waals surface area contributed by atoms with Gasteiger partial charge in [0.2, 0.25) is 5.91 Å². The Labute approximate surface area is 153 Å². The van der Waals surface area contributed by atoms with Crippen molar-refractivity contribution in [2.75, 3.05) is 0 Å². The number of amides is 2. The molecule has 1 atom stereocenters. The van der Waals surface area contributed by atoms with Crippen molar-refractivity contribution in [3.63, 3.8) is 0 Å². The average Bonchev–Trinajstić information content (AvgIpc) is 2.65. The van der Waals surface area contributed by atoms with E-state index < -0.39 is 11.6 Å². The van der Waals surface area contributed by atoms with Gasteiger partial charge in [-0.15, -0.1) is 0 Å². The molecule has 132 valence electrons. The molecule has 1 aliphatic carbocycles. The fraction of sp³-hybridized carbons (Fsp3) is 0.286. The summed E-state index contributed by atoms with van der Waals surface area (Å²) in [7, 11) is 0. The summed E-state index contributed by atoms with van der Waals surface area (Å²) in [6, 6.07) is 20.1. The van der Waals surface area contributed by atoms with E-state index in [0.29, 0.717) is 18.4 Å². The number of carbonyl (C=O) groups excluding carboxylic acids is 2. The van der Waals surface area contributed by atoms with Crippen LogP contribution in [0.4, 0.5) is 0 Å². The number of nitrogens with zero attached hydrogens (tertiary/aromatic N) is 1. The Morgan fingerprint density at radius 3 is 2.19 bits per heavy atom. The van der Waals surface area contributed by atoms with Crippen LogP contribution in [0.3, 0.4) is 0 Å². The SMILES string of the molecule is N#CC1(NC(=O)C[C@@H](NC(=O)c2ccccc2)c2ccccc2)CCC1. The van der Waals surface area contributed by atoms with E-state index in [2.05, 4.69) is 16.7 Å². The first-order valence-electron chi connectivity index (χ1n) is 8.75. The van der Waals surface area contributed by atoms with Crippen LogP contribution in [0.5, 0.6) is 0 Å². The largest absolute Gasteiger partial charge is 0.345 e. The lowest BCUT2D eigenvalue weighted by Gasteiger charge is -2.36. The zero-order valence-electron chi connectivity index (χ0n) is 14.4. The highest BCUT2D eigenvalue weighted by atomic mass is 16.2. The summed E-state index contributed by atoms with van der Waals surface area (Å²) in [6.07, 6.45) is 2.40. The minimum absolute atomic E-state index is 0.0893. The van der Waals surface area contributed by atoms with Crippen LogP contribution >= 0.6 is 0 Å². The highest BCUT2D eigenvalue weighted by Gasteiger charge is 2.38. The standard InChI is InChI=1S/C21H21N3O2/c22-15-21(12-7-13-21)24-19(25)14-18(16-8-3-1-4-9-16)23-20(26)17-10-5-2-6-11-17/h1-6,8-11,18H,7,12-14H2,(H,23,26)(H,24,25)/t18-/m1/s1. The molecule has 2 aromatic carbocycles. The molecule has 0 radical (unpaired) electrons. The molecular weight excluding hydrogens is 326 g/mol. The zero-order chi connectivity index (χ0) is 18.4.